The largest absolute Gasteiger partial charge is 0.451 e. The summed E-state index contributed by atoms with van der Waals surface area (Å²) in [4.78, 5) is 2.19. The molecule has 1 atom stereocenters. The Balaban J connectivity index is 1.67. The van der Waals surface area contributed by atoms with Gasteiger partial charge in [-0.1, -0.05) is 18.2 Å². The summed E-state index contributed by atoms with van der Waals surface area (Å²) in [6, 6.07) is 10.6. The summed E-state index contributed by atoms with van der Waals surface area (Å²) >= 11 is 0. The van der Waals surface area contributed by atoms with Crippen LogP contribution in [0.3, 0.4) is 0 Å². The normalized spacial score (nSPS) is 18.3. The van der Waals surface area contributed by atoms with Crippen molar-refractivity contribution in [3.8, 4) is 11.5 Å². The van der Waals surface area contributed by atoms with Crippen LogP contribution in [0.4, 0.5) is 8.78 Å². The molecule has 0 radical (unpaired) electrons. The number of para-hydroxylation sites is 1. The molecule has 0 spiro atoms. The predicted octanol–water partition coefficient (Wildman–Crippen LogP) is 3.57. The molecule has 1 aliphatic heterocycles. The molecule has 0 aromatic heterocycles. The van der Waals surface area contributed by atoms with Gasteiger partial charge in [-0.25, -0.2) is 8.78 Å². The summed E-state index contributed by atoms with van der Waals surface area (Å²) in [6.45, 7) is 2.56. The number of likely N-dealkylation sites (tertiary alicyclic amines) is 1. The molecular formula is C18H19F2NO2. The summed E-state index contributed by atoms with van der Waals surface area (Å²) in [7, 11) is 0. The van der Waals surface area contributed by atoms with Crippen molar-refractivity contribution in [2.24, 2.45) is 5.92 Å². The van der Waals surface area contributed by atoms with Gasteiger partial charge in [-0.05, 0) is 48.7 Å². The maximum absolute atomic E-state index is 14.2. The van der Waals surface area contributed by atoms with E-state index in [2.05, 4.69) is 4.90 Å². The van der Waals surface area contributed by atoms with Crippen LogP contribution in [0.5, 0.6) is 11.5 Å². The summed E-state index contributed by atoms with van der Waals surface area (Å²) in [5.41, 5.74) is 0.835. The van der Waals surface area contributed by atoms with Crippen molar-refractivity contribution in [2.75, 3.05) is 19.7 Å². The number of rotatable bonds is 5. The SMILES string of the molecule is OCC1CCN(Cc2ccc(Oc3ccccc3F)c(F)c2)C1. The predicted molar refractivity (Wildman–Crippen MR) is 83.3 cm³/mol. The third-order valence-electron chi connectivity index (χ3n) is 4.09. The zero-order valence-corrected chi connectivity index (χ0v) is 12.7. The Labute approximate surface area is 134 Å². The van der Waals surface area contributed by atoms with E-state index >= 15 is 0 Å². The Morgan fingerprint density at radius 3 is 2.57 bits per heavy atom. The Morgan fingerprint density at radius 2 is 1.87 bits per heavy atom. The van der Waals surface area contributed by atoms with Gasteiger partial charge in [-0.3, -0.25) is 4.90 Å². The van der Waals surface area contributed by atoms with E-state index in [1.807, 2.05) is 0 Å². The van der Waals surface area contributed by atoms with Crippen LogP contribution in [0.1, 0.15) is 12.0 Å². The number of hydrogen-bond acceptors (Lipinski definition) is 3. The van der Waals surface area contributed by atoms with E-state index in [-0.39, 0.29) is 18.1 Å². The van der Waals surface area contributed by atoms with Crippen molar-refractivity contribution in [3.63, 3.8) is 0 Å². The minimum atomic E-state index is -0.525. The molecule has 1 heterocycles. The summed E-state index contributed by atoms with van der Waals surface area (Å²) in [5.74, 6) is -0.715. The van der Waals surface area contributed by atoms with Gasteiger partial charge in [0, 0.05) is 19.7 Å². The lowest BCUT2D eigenvalue weighted by Gasteiger charge is -2.16. The summed E-state index contributed by atoms with van der Waals surface area (Å²) in [6.07, 6.45) is 0.966. The minimum absolute atomic E-state index is 0.00415. The standard InChI is InChI=1S/C18H19F2NO2/c19-15-3-1-2-4-17(15)23-18-6-5-13(9-16(18)20)10-21-8-7-14(11-21)12-22/h1-6,9,14,22H,7-8,10-12H2. The Bertz CT molecular complexity index is 678. The smallest absolute Gasteiger partial charge is 0.166 e. The molecule has 2 aromatic rings. The van der Waals surface area contributed by atoms with Gasteiger partial charge in [0.1, 0.15) is 0 Å². The van der Waals surface area contributed by atoms with Crippen LogP contribution in [0.2, 0.25) is 0 Å². The van der Waals surface area contributed by atoms with Crippen LogP contribution in [-0.2, 0) is 6.54 Å². The lowest BCUT2D eigenvalue weighted by atomic mass is 10.1. The fourth-order valence-electron chi connectivity index (χ4n) is 2.84. The van der Waals surface area contributed by atoms with Crippen LogP contribution in [0.15, 0.2) is 42.5 Å². The van der Waals surface area contributed by atoms with Crippen LogP contribution in [0, 0.1) is 17.6 Å². The monoisotopic (exact) mass is 319 g/mol. The molecule has 3 rings (SSSR count). The molecule has 0 aliphatic carbocycles. The third kappa shape index (κ3) is 3.86. The van der Waals surface area contributed by atoms with Gasteiger partial charge in [-0.2, -0.15) is 0 Å². The first-order valence-corrected chi connectivity index (χ1v) is 7.69. The molecule has 1 N–H and O–H groups in total. The molecule has 1 unspecified atom stereocenters. The van der Waals surface area contributed by atoms with Crippen LogP contribution >= 0.6 is 0 Å². The lowest BCUT2D eigenvalue weighted by Crippen LogP contribution is -2.21. The van der Waals surface area contributed by atoms with Gasteiger partial charge >= 0.3 is 0 Å². The van der Waals surface area contributed by atoms with E-state index in [9.17, 15) is 8.78 Å². The molecular weight excluding hydrogens is 300 g/mol. The minimum Gasteiger partial charge on any atom is -0.451 e. The quantitative estimate of drug-likeness (QED) is 0.914. The van der Waals surface area contributed by atoms with Gasteiger partial charge in [-0.15, -0.1) is 0 Å². The van der Waals surface area contributed by atoms with Crippen molar-refractivity contribution in [1.82, 2.24) is 4.90 Å². The second-order valence-corrected chi connectivity index (χ2v) is 5.87. The number of halogens is 2. The van der Waals surface area contributed by atoms with E-state index in [1.165, 1.54) is 24.3 Å². The van der Waals surface area contributed by atoms with Gasteiger partial charge in [0.05, 0.1) is 0 Å². The number of hydrogen-bond donors (Lipinski definition) is 1. The van der Waals surface area contributed by atoms with Crippen LogP contribution in [-0.4, -0.2) is 29.7 Å². The molecule has 1 aliphatic rings. The fourth-order valence-corrected chi connectivity index (χ4v) is 2.84. The molecule has 0 saturated carbocycles. The second-order valence-electron chi connectivity index (χ2n) is 5.87. The highest BCUT2D eigenvalue weighted by Crippen LogP contribution is 2.28. The summed E-state index contributed by atoms with van der Waals surface area (Å²) < 4.78 is 33.0. The average molecular weight is 319 g/mol. The van der Waals surface area contributed by atoms with Crippen LogP contribution < -0.4 is 4.74 Å². The maximum atomic E-state index is 14.2. The topological polar surface area (TPSA) is 32.7 Å². The van der Waals surface area contributed by atoms with Gasteiger partial charge in [0.25, 0.3) is 0 Å². The van der Waals surface area contributed by atoms with Crippen LogP contribution in [0.25, 0.3) is 0 Å². The van der Waals surface area contributed by atoms with Gasteiger partial charge in [0.2, 0.25) is 0 Å². The first-order valence-electron chi connectivity index (χ1n) is 7.69. The molecule has 0 amide bonds. The molecule has 3 nitrogen and oxygen atoms in total. The third-order valence-corrected chi connectivity index (χ3v) is 4.09. The molecule has 122 valence electrons. The molecule has 0 bridgehead atoms. The van der Waals surface area contributed by atoms with Gasteiger partial charge in [0.15, 0.2) is 23.1 Å². The lowest BCUT2D eigenvalue weighted by molar-refractivity contribution is 0.220. The second kappa shape index (κ2) is 7.06. The Hall–Kier alpha value is -1.98. The van der Waals surface area contributed by atoms with E-state index in [0.29, 0.717) is 12.5 Å². The number of aliphatic hydroxyl groups is 1. The van der Waals surface area contributed by atoms with Crippen molar-refractivity contribution in [3.05, 3.63) is 59.7 Å². The highest BCUT2D eigenvalue weighted by Gasteiger charge is 2.21. The highest BCUT2D eigenvalue weighted by molar-refractivity contribution is 5.35. The van der Waals surface area contributed by atoms with E-state index in [0.717, 1.165) is 25.1 Å². The highest BCUT2D eigenvalue weighted by atomic mass is 19.1. The Kier molecular flexibility index (Phi) is 4.88. The zero-order valence-electron chi connectivity index (χ0n) is 12.7. The molecule has 5 heteroatoms. The molecule has 1 fully saturated rings. The molecule has 23 heavy (non-hydrogen) atoms. The first kappa shape index (κ1) is 15.9. The zero-order chi connectivity index (χ0) is 16.2. The first-order chi connectivity index (χ1) is 11.2. The number of benzene rings is 2. The van der Waals surface area contributed by atoms with E-state index in [4.69, 9.17) is 9.84 Å². The fraction of sp³-hybridized carbons (Fsp3) is 0.333. The molecule has 2 aromatic carbocycles. The van der Waals surface area contributed by atoms with Crippen molar-refractivity contribution in [2.45, 2.75) is 13.0 Å². The summed E-state index contributed by atoms with van der Waals surface area (Å²) in [5, 5.41) is 9.16. The average Bonchev–Trinajstić information content (AvgIpc) is 2.99. The van der Waals surface area contributed by atoms with Crippen molar-refractivity contribution >= 4 is 0 Å². The molecule has 1 saturated heterocycles. The Morgan fingerprint density at radius 1 is 1.09 bits per heavy atom. The van der Waals surface area contributed by atoms with Gasteiger partial charge < -0.3 is 9.84 Å². The number of ether oxygens (including phenoxy) is 1. The maximum Gasteiger partial charge on any atom is 0.166 e. The van der Waals surface area contributed by atoms with Crippen molar-refractivity contribution in [1.29, 1.82) is 0 Å². The van der Waals surface area contributed by atoms with Crippen molar-refractivity contribution < 1.29 is 18.6 Å². The number of aliphatic hydroxyl groups excluding tert-OH is 1. The number of nitrogens with zero attached hydrogens (tertiary/aromatic N) is 1. The van der Waals surface area contributed by atoms with E-state index in [1.54, 1.807) is 18.2 Å². The van der Waals surface area contributed by atoms with E-state index < -0.39 is 11.6 Å².